The zero-order valence-electron chi connectivity index (χ0n) is 20.7. The highest BCUT2D eigenvalue weighted by Crippen LogP contribution is 2.40. The van der Waals surface area contributed by atoms with Crippen molar-refractivity contribution in [3.8, 4) is 5.75 Å². The molecule has 0 atom stereocenters. The lowest BCUT2D eigenvalue weighted by Gasteiger charge is -2.31. The van der Waals surface area contributed by atoms with E-state index in [1.807, 2.05) is 11.0 Å². The van der Waals surface area contributed by atoms with Gasteiger partial charge in [0.2, 0.25) is 0 Å². The zero-order chi connectivity index (χ0) is 25.8. The van der Waals surface area contributed by atoms with Crippen molar-refractivity contribution in [2.24, 2.45) is 4.99 Å². The van der Waals surface area contributed by atoms with Crippen molar-refractivity contribution < 1.29 is 13.9 Å². The van der Waals surface area contributed by atoms with Crippen LogP contribution in [0.4, 0.5) is 4.39 Å². The fraction of sp³-hybridized carbons (Fsp3) is 0.448. The summed E-state index contributed by atoms with van der Waals surface area (Å²) in [5.41, 5.74) is 1.41. The van der Waals surface area contributed by atoms with E-state index in [1.165, 1.54) is 49.6 Å². The number of halogens is 3. The van der Waals surface area contributed by atoms with Crippen LogP contribution in [0.5, 0.6) is 5.75 Å². The van der Waals surface area contributed by atoms with Crippen LogP contribution in [0.15, 0.2) is 46.3 Å². The molecule has 1 saturated heterocycles. The first-order valence-corrected chi connectivity index (χ1v) is 14.7. The Morgan fingerprint density at radius 2 is 1.68 bits per heavy atom. The first-order valence-electron chi connectivity index (χ1n) is 13.1. The van der Waals surface area contributed by atoms with Gasteiger partial charge in [0.05, 0.1) is 21.0 Å². The molecule has 0 N–H and O–H groups in total. The predicted octanol–water partition coefficient (Wildman–Crippen LogP) is 8.65. The number of rotatable bonds is 6. The van der Waals surface area contributed by atoms with Crippen LogP contribution in [-0.4, -0.2) is 28.1 Å². The van der Waals surface area contributed by atoms with Gasteiger partial charge in [0, 0.05) is 6.04 Å². The number of nitrogens with zero attached hydrogens (tertiary/aromatic N) is 2. The largest absolute Gasteiger partial charge is 0.486 e. The van der Waals surface area contributed by atoms with Gasteiger partial charge in [0.25, 0.3) is 5.91 Å². The SMILES string of the molecule is O=C1C(=Cc2cc(Cl)c(OCc3cccc(F)c3)c(Cl)c2)SC(=NC2CCCCC2)N1C1CCCCC1. The summed E-state index contributed by atoms with van der Waals surface area (Å²) in [7, 11) is 0. The van der Waals surface area contributed by atoms with Crippen molar-refractivity contribution in [3.05, 3.63) is 68.3 Å². The van der Waals surface area contributed by atoms with E-state index in [0.717, 1.165) is 49.3 Å². The highest BCUT2D eigenvalue weighted by Gasteiger charge is 2.39. The number of thioether (sulfide) groups is 1. The van der Waals surface area contributed by atoms with Crippen molar-refractivity contribution in [1.29, 1.82) is 0 Å². The second-order valence-electron chi connectivity index (χ2n) is 10.0. The first kappa shape index (κ1) is 26.6. The summed E-state index contributed by atoms with van der Waals surface area (Å²) < 4.78 is 19.3. The Morgan fingerprint density at radius 1 is 1.00 bits per heavy atom. The van der Waals surface area contributed by atoms with E-state index < -0.39 is 0 Å². The Morgan fingerprint density at radius 3 is 2.35 bits per heavy atom. The van der Waals surface area contributed by atoms with Crippen molar-refractivity contribution >= 4 is 52.1 Å². The molecule has 8 heteroatoms. The fourth-order valence-corrected chi connectivity index (χ4v) is 7.06. The summed E-state index contributed by atoms with van der Waals surface area (Å²) in [5, 5.41) is 1.53. The number of aliphatic imine (C=N–C) groups is 1. The molecule has 37 heavy (non-hydrogen) atoms. The van der Waals surface area contributed by atoms with Gasteiger partial charge in [-0.1, -0.05) is 73.9 Å². The number of hydrogen-bond donors (Lipinski definition) is 0. The van der Waals surface area contributed by atoms with Crippen molar-refractivity contribution in [3.63, 3.8) is 0 Å². The molecular weight excluding hydrogens is 530 g/mol. The van der Waals surface area contributed by atoms with Gasteiger partial charge < -0.3 is 4.74 Å². The van der Waals surface area contributed by atoms with E-state index in [1.54, 1.807) is 24.3 Å². The molecule has 0 radical (unpaired) electrons. The third kappa shape index (κ3) is 6.52. The highest BCUT2D eigenvalue weighted by atomic mass is 35.5. The van der Waals surface area contributed by atoms with E-state index in [4.69, 9.17) is 32.9 Å². The normalized spacial score (nSPS) is 21.8. The molecule has 4 nitrogen and oxygen atoms in total. The Labute approximate surface area is 232 Å². The van der Waals surface area contributed by atoms with E-state index >= 15 is 0 Å². The van der Waals surface area contributed by atoms with Crippen LogP contribution in [0.25, 0.3) is 6.08 Å². The van der Waals surface area contributed by atoms with Gasteiger partial charge >= 0.3 is 0 Å². The average molecular weight is 562 g/mol. The van der Waals surface area contributed by atoms with Crippen LogP contribution in [0, 0.1) is 5.82 Å². The minimum Gasteiger partial charge on any atom is -0.486 e. The maximum Gasteiger partial charge on any atom is 0.266 e. The second-order valence-corrected chi connectivity index (χ2v) is 11.8. The lowest BCUT2D eigenvalue weighted by atomic mass is 9.94. The predicted molar refractivity (Wildman–Crippen MR) is 151 cm³/mol. The van der Waals surface area contributed by atoms with Gasteiger partial charge in [-0.05, 0) is 78.9 Å². The second kappa shape index (κ2) is 12.2. The molecule has 0 unspecified atom stereocenters. The maximum absolute atomic E-state index is 13.6. The molecule has 1 amide bonds. The minimum atomic E-state index is -0.326. The summed E-state index contributed by atoms with van der Waals surface area (Å²) in [6, 6.07) is 10.2. The number of amidine groups is 1. The molecule has 2 aromatic carbocycles. The van der Waals surface area contributed by atoms with Crippen LogP contribution in [0.2, 0.25) is 10.0 Å². The third-order valence-electron chi connectivity index (χ3n) is 7.24. The summed E-state index contributed by atoms with van der Waals surface area (Å²) >= 11 is 14.5. The Balaban J connectivity index is 1.37. The molecule has 3 aliphatic rings. The number of benzene rings is 2. The monoisotopic (exact) mass is 560 g/mol. The number of amides is 1. The minimum absolute atomic E-state index is 0.0186. The average Bonchev–Trinajstić information content (AvgIpc) is 3.18. The van der Waals surface area contributed by atoms with E-state index in [2.05, 4.69) is 0 Å². The fourth-order valence-electron chi connectivity index (χ4n) is 5.34. The zero-order valence-corrected chi connectivity index (χ0v) is 23.1. The first-order chi connectivity index (χ1) is 18.0. The number of carbonyl (C=O) groups is 1. The standard InChI is InChI=1S/C29H31Cl2FN2O2S/c30-24-15-20(16-25(31)27(24)36-18-19-8-7-9-21(32)14-19)17-26-28(35)34(23-12-5-2-6-13-23)29(37-26)33-22-10-3-1-4-11-22/h7-9,14-17,22-23H,1-6,10-13,18H2. The van der Waals surface area contributed by atoms with Crippen LogP contribution in [-0.2, 0) is 11.4 Å². The quantitative estimate of drug-likeness (QED) is 0.332. The van der Waals surface area contributed by atoms with E-state index in [-0.39, 0.29) is 24.4 Å². The summed E-state index contributed by atoms with van der Waals surface area (Å²) in [4.78, 5) is 21.3. The number of hydrogen-bond acceptors (Lipinski definition) is 4. The Hall–Kier alpha value is -2.02. The van der Waals surface area contributed by atoms with Gasteiger partial charge in [0.1, 0.15) is 12.4 Å². The van der Waals surface area contributed by atoms with Gasteiger partial charge in [0.15, 0.2) is 10.9 Å². The maximum atomic E-state index is 13.6. The summed E-state index contributed by atoms with van der Waals surface area (Å²) in [6.07, 6.45) is 13.3. The molecule has 1 heterocycles. The van der Waals surface area contributed by atoms with Gasteiger partial charge in [-0.3, -0.25) is 14.7 Å². The molecule has 0 bridgehead atoms. The number of ether oxygens (including phenoxy) is 1. The van der Waals surface area contributed by atoms with E-state index in [0.29, 0.717) is 32.3 Å². The smallest absolute Gasteiger partial charge is 0.266 e. The molecule has 0 spiro atoms. The van der Waals surface area contributed by atoms with Gasteiger partial charge in [-0.2, -0.15) is 0 Å². The molecule has 3 fully saturated rings. The molecule has 2 aliphatic carbocycles. The van der Waals surface area contributed by atoms with Gasteiger partial charge in [-0.15, -0.1) is 0 Å². The Bertz CT molecular complexity index is 1180. The van der Waals surface area contributed by atoms with Crippen molar-refractivity contribution in [2.45, 2.75) is 82.9 Å². The highest BCUT2D eigenvalue weighted by molar-refractivity contribution is 8.18. The lowest BCUT2D eigenvalue weighted by Crippen LogP contribution is -2.41. The van der Waals surface area contributed by atoms with Crippen LogP contribution >= 0.6 is 35.0 Å². The lowest BCUT2D eigenvalue weighted by molar-refractivity contribution is -0.124. The molecule has 1 aliphatic heterocycles. The molecule has 2 aromatic rings. The summed E-state index contributed by atoms with van der Waals surface area (Å²) in [5.74, 6) is 0.0290. The molecule has 2 saturated carbocycles. The van der Waals surface area contributed by atoms with Gasteiger partial charge in [-0.25, -0.2) is 4.39 Å². The van der Waals surface area contributed by atoms with E-state index in [9.17, 15) is 9.18 Å². The third-order valence-corrected chi connectivity index (χ3v) is 8.79. The topological polar surface area (TPSA) is 41.9 Å². The van der Waals surface area contributed by atoms with Crippen molar-refractivity contribution in [1.82, 2.24) is 4.90 Å². The molecule has 5 rings (SSSR count). The molecular formula is C29H31Cl2FN2O2S. The van der Waals surface area contributed by atoms with Crippen LogP contribution < -0.4 is 4.74 Å². The molecule has 0 aromatic heterocycles. The number of carbonyl (C=O) groups excluding carboxylic acids is 1. The molecule has 196 valence electrons. The Kier molecular flexibility index (Phi) is 8.78. The summed E-state index contributed by atoms with van der Waals surface area (Å²) in [6.45, 7) is 0.142. The van der Waals surface area contributed by atoms with Crippen LogP contribution in [0.3, 0.4) is 0 Å². The van der Waals surface area contributed by atoms with Crippen LogP contribution in [0.1, 0.15) is 75.3 Å². The van der Waals surface area contributed by atoms with Crippen molar-refractivity contribution in [2.75, 3.05) is 0 Å².